The first kappa shape index (κ1) is 19.0. The van der Waals surface area contributed by atoms with Gasteiger partial charge < -0.3 is 4.74 Å². The topological polar surface area (TPSA) is 76.6 Å². The maximum atomic E-state index is 13.3. The lowest BCUT2D eigenvalue weighted by molar-refractivity contribution is 0.0917. The summed E-state index contributed by atoms with van der Waals surface area (Å²) in [4.78, 5) is 19.7. The van der Waals surface area contributed by atoms with Gasteiger partial charge in [0.2, 0.25) is 0 Å². The normalized spacial score (nSPS) is 17.1. The van der Waals surface area contributed by atoms with E-state index in [9.17, 15) is 13.2 Å². The molecule has 1 unspecified atom stereocenters. The van der Waals surface area contributed by atoms with Gasteiger partial charge in [0.1, 0.15) is 0 Å². The number of hydrogen-bond acceptors (Lipinski definition) is 6. The Bertz CT molecular complexity index is 1080. The Labute approximate surface area is 167 Å². The average Bonchev–Trinajstić information content (AvgIpc) is 3.34. The molecule has 0 N–H and O–H groups in total. The Balaban J connectivity index is 1.73. The number of carbonyl (C=O) groups is 1. The number of anilines is 1. The van der Waals surface area contributed by atoms with Gasteiger partial charge in [-0.25, -0.2) is 13.4 Å². The molecule has 146 valence electrons. The molecule has 0 aliphatic carbocycles. The fourth-order valence-corrected chi connectivity index (χ4v) is 4.87. The monoisotopic (exact) mass is 416 g/mol. The summed E-state index contributed by atoms with van der Waals surface area (Å²) >= 11 is 1.44. The lowest BCUT2D eigenvalue weighted by Gasteiger charge is -2.23. The van der Waals surface area contributed by atoms with E-state index in [0.29, 0.717) is 23.8 Å². The van der Waals surface area contributed by atoms with Crippen LogP contribution in [0.15, 0.2) is 53.4 Å². The van der Waals surface area contributed by atoms with Crippen molar-refractivity contribution in [2.24, 2.45) is 0 Å². The van der Waals surface area contributed by atoms with E-state index < -0.39 is 9.84 Å². The quantitative estimate of drug-likeness (QED) is 0.636. The second-order valence-electron chi connectivity index (χ2n) is 6.81. The van der Waals surface area contributed by atoms with Gasteiger partial charge in [-0.05, 0) is 43.2 Å². The first-order valence-corrected chi connectivity index (χ1v) is 11.7. The van der Waals surface area contributed by atoms with Crippen molar-refractivity contribution in [3.05, 3.63) is 54.1 Å². The fraction of sp³-hybridized carbons (Fsp3) is 0.300. The summed E-state index contributed by atoms with van der Waals surface area (Å²) in [6.07, 6.45) is 2.94. The molecule has 8 heteroatoms. The molecule has 1 aliphatic rings. The molecular weight excluding hydrogens is 396 g/mol. The highest BCUT2D eigenvalue weighted by molar-refractivity contribution is 7.90. The van der Waals surface area contributed by atoms with Gasteiger partial charge in [0, 0.05) is 18.4 Å². The largest absolute Gasteiger partial charge is 0.376 e. The van der Waals surface area contributed by atoms with E-state index in [1.807, 2.05) is 24.3 Å². The van der Waals surface area contributed by atoms with Crippen LogP contribution in [-0.2, 0) is 14.6 Å². The summed E-state index contributed by atoms with van der Waals surface area (Å²) in [6, 6.07) is 13.9. The Kier molecular flexibility index (Phi) is 5.18. The third kappa shape index (κ3) is 3.94. The van der Waals surface area contributed by atoms with E-state index in [4.69, 9.17) is 4.74 Å². The van der Waals surface area contributed by atoms with Crippen LogP contribution in [-0.4, -0.2) is 44.8 Å². The molecule has 0 spiro atoms. The van der Waals surface area contributed by atoms with Crippen molar-refractivity contribution in [3.8, 4) is 0 Å². The van der Waals surface area contributed by atoms with Crippen molar-refractivity contribution >= 4 is 42.4 Å². The number of sulfone groups is 1. The summed E-state index contributed by atoms with van der Waals surface area (Å²) < 4.78 is 30.5. The molecule has 1 fully saturated rings. The van der Waals surface area contributed by atoms with E-state index >= 15 is 0 Å². The summed E-state index contributed by atoms with van der Waals surface area (Å²) in [6.45, 7) is 1.08. The molecule has 1 atom stereocenters. The number of thiazole rings is 1. The zero-order chi connectivity index (χ0) is 19.7. The van der Waals surface area contributed by atoms with E-state index in [1.165, 1.54) is 23.5 Å². The summed E-state index contributed by atoms with van der Waals surface area (Å²) in [7, 11) is -3.40. The Morgan fingerprint density at radius 1 is 1.25 bits per heavy atom. The maximum absolute atomic E-state index is 13.3. The number of fused-ring (bicyclic) bond motifs is 1. The van der Waals surface area contributed by atoms with Crippen molar-refractivity contribution < 1.29 is 17.9 Å². The second-order valence-corrected chi connectivity index (χ2v) is 9.84. The molecule has 0 radical (unpaired) electrons. The van der Waals surface area contributed by atoms with Crippen LogP contribution < -0.4 is 4.90 Å². The van der Waals surface area contributed by atoms with Gasteiger partial charge >= 0.3 is 0 Å². The summed E-state index contributed by atoms with van der Waals surface area (Å²) in [5.74, 6) is -0.278. The molecule has 0 saturated carbocycles. The molecule has 6 nitrogen and oxygen atoms in total. The first-order chi connectivity index (χ1) is 13.4. The molecule has 3 aromatic rings. The van der Waals surface area contributed by atoms with Crippen molar-refractivity contribution in [1.82, 2.24) is 4.98 Å². The number of ether oxygens (including phenoxy) is 1. The van der Waals surface area contributed by atoms with Gasteiger partial charge in [0.25, 0.3) is 5.91 Å². The molecule has 1 saturated heterocycles. The fourth-order valence-electron chi connectivity index (χ4n) is 3.23. The van der Waals surface area contributed by atoms with Crippen LogP contribution in [0, 0.1) is 0 Å². The number of aromatic nitrogens is 1. The van der Waals surface area contributed by atoms with Crippen LogP contribution in [0.5, 0.6) is 0 Å². The van der Waals surface area contributed by atoms with Gasteiger partial charge in [0.15, 0.2) is 15.0 Å². The van der Waals surface area contributed by atoms with Crippen LogP contribution in [0.3, 0.4) is 0 Å². The van der Waals surface area contributed by atoms with Gasteiger partial charge in [-0.2, -0.15) is 0 Å². The highest BCUT2D eigenvalue weighted by Gasteiger charge is 2.27. The van der Waals surface area contributed by atoms with Gasteiger partial charge in [-0.3, -0.25) is 9.69 Å². The SMILES string of the molecule is CS(=O)(=O)c1cccc(C(=O)N(CC2CCCO2)c2nc3ccccc3s2)c1. The summed E-state index contributed by atoms with van der Waals surface area (Å²) in [5.41, 5.74) is 1.15. The molecule has 2 aromatic carbocycles. The highest BCUT2D eigenvalue weighted by Crippen LogP contribution is 2.31. The van der Waals surface area contributed by atoms with Crippen molar-refractivity contribution in [3.63, 3.8) is 0 Å². The third-order valence-corrected chi connectivity index (χ3v) is 6.85. The predicted octanol–water partition coefficient (Wildman–Crippen LogP) is 3.53. The molecule has 4 rings (SSSR count). The molecular formula is C20H20N2O4S2. The summed E-state index contributed by atoms with van der Waals surface area (Å²) in [5, 5.41) is 0.589. The van der Waals surface area contributed by atoms with Gasteiger partial charge in [0.05, 0.1) is 27.8 Å². The lowest BCUT2D eigenvalue weighted by atomic mass is 10.2. The number of hydrogen-bond donors (Lipinski definition) is 0. The Hall–Kier alpha value is -2.29. The van der Waals surface area contributed by atoms with Gasteiger partial charge in [-0.15, -0.1) is 0 Å². The minimum atomic E-state index is -3.40. The second kappa shape index (κ2) is 7.62. The van der Waals surface area contributed by atoms with Gasteiger partial charge in [-0.1, -0.05) is 29.5 Å². The van der Waals surface area contributed by atoms with E-state index in [1.54, 1.807) is 17.0 Å². The Morgan fingerprint density at radius 2 is 2.07 bits per heavy atom. The van der Waals surface area contributed by atoms with E-state index in [0.717, 1.165) is 29.3 Å². The standard InChI is InChI=1S/C20H20N2O4S2/c1-28(24,25)16-8-4-6-14(12-16)19(23)22(13-15-7-5-11-26-15)20-21-17-9-2-3-10-18(17)27-20/h2-4,6,8-10,12,15H,5,7,11,13H2,1H3. The highest BCUT2D eigenvalue weighted by atomic mass is 32.2. The minimum Gasteiger partial charge on any atom is -0.376 e. The predicted molar refractivity (Wildman–Crippen MR) is 110 cm³/mol. The average molecular weight is 417 g/mol. The zero-order valence-electron chi connectivity index (χ0n) is 15.4. The first-order valence-electron chi connectivity index (χ1n) is 9.01. The smallest absolute Gasteiger partial charge is 0.260 e. The minimum absolute atomic E-state index is 0.0472. The van der Waals surface area contributed by atoms with Crippen LogP contribution in [0.1, 0.15) is 23.2 Å². The van der Waals surface area contributed by atoms with Crippen LogP contribution in [0.25, 0.3) is 10.2 Å². The van der Waals surface area contributed by atoms with Crippen LogP contribution in [0.4, 0.5) is 5.13 Å². The van der Waals surface area contributed by atoms with E-state index in [2.05, 4.69) is 4.98 Å². The molecule has 1 amide bonds. The number of nitrogens with zero attached hydrogens (tertiary/aromatic N) is 2. The number of carbonyl (C=O) groups excluding carboxylic acids is 1. The Morgan fingerprint density at radius 3 is 2.79 bits per heavy atom. The van der Waals surface area contributed by atoms with Crippen molar-refractivity contribution in [2.45, 2.75) is 23.8 Å². The third-order valence-electron chi connectivity index (χ3n) is 4.68. The number of amides is 1. The maximum Gasteiger partial charge on any atom is 0.260 e. The van der Waals surface area contributed by atoms with Crippen LogP contribution in [0.2, 0.25) is 0 Å². The van der Waals surface area contributed by atoms with Crippen molar-refractivity contribution in [2.75, 3.05) is 24.3 Å². The molecule has 0 bridgehead atoms. The van der Waals surface area contributed by atoms with Crippen LogP contribution >= 0.6 is 11.3 Å². The molecule has 1 aromatic heterocycles. The number of rotatable bonds is 5. The van der Waals surface area contributed by atoms with E-state index in [-0.39, 0.29) is 16.9 Å². The number of benzene rings is 2. The molecule has 2 heterocycles. The number of para-hydroxylation sites is 1. The lowest BCUT2D eigenvalue weighted by Crippen LogP contribution is -2.37. The van der Waals surface area contributed by atoms with Crippen molar-refractivity contribution in [1.29, 1.82) is 0 Å². The molecule has 1 aliphatic heterocycles. The molecule has 28 heavy (non-hydrogen) atoms. The zero-order valence-corrected chi connectivity index (χ0v) is 17.0.